The Kier molecular flexibility index (Phi) is 2.42. The molecule has 0 spiro atoms. The number of rotatable bonds is 1. The average molecular weight is 268 g/mol. The lowest BCUT2D eigenvalue weighted by atomic mass is 9.53. The van der Waals surface area contributed by atoms with Crippen LogP contribution in [0.2, 0.25) is 0 Å². The molecule has 0 N–H and O–H groups in total. The molecule has 4 fully saturated rings. The largest absolute Gasteiger partial charge is 0.308 e. The van der Waals surface area contributed by atoms with Gasteiger partial charge < -0.3 is 4.57 Å². The van der Waals surface area contributed by atoms with Crippen molar-refractivity contribution in [3.63, 3.8) is 0 Å². The van der Waals surface area contributed by atoms with Gasteiger partial charge in [0.2, 0.25) is 0 Å². The van der Waals surface area contributed by atoms with Crippen molar-refractivity contribution >= 4 is 0 Å². The fraction of sp³-hybridized carbons (Fsp3) is 0.647. The highest BCUT2D eigenvalue weighted by Gasteiger charge is 2.52. The normalized spacial score (nSPS) is 37.9. The highest BCUT2D eigenvalue weighted by atomic mass is 16.1. The average Bonchev–Trinajstić information content (AvgIpc) is 2.37. The molecule has 1 heterocycles. The Morgan fingerprint density at radius 2 is 1.75 bits per heavy atom. The van der Waals surface area contributed by atoms with E-state index in [4.69, 9.17) is 0 Å². The summed E-state index contributed by atoms with van der Waals surface area (Å²) in [6, 6.07) is 4.05. The molecule has 0 unspecified atom stereocenters. The molecular weight excluding hydrogens is 248 g/mol. The zero-order valence-electron chi connectivity index (χ0n) is 11.9. The van der Waals surface area contributed by atoms with Crippen molar-refractivity contribution < 1.29 is 0 Å². The molecule has 1 aromatic rings. The summed E-state index contributed by atoms with van der Waals surface area (Å²) in [6.07, 6.45) is 9.49. The smallest absolute Gasteiger partial charge is 0.269 e. The molecule has 5 rings (SSSR count). The van der Waals surface area contributed by atoms with Gasteiger partial charge in [0.1, 0.15) is 11.6 Å². The van der Waals surface area contributed by atoms with E-state index in [0.29, 0.717) is 5.56 Å². The molecule has 3 nitrogen and oxygen atoms in total. The van der Waals surface area contributed by atoms with Gasteiger partial charge in [0, 0.05) is 11.7 Å². The van der Waals surface area contributed by atoms with Gasteiger partial charge in [-0.2, -0.15) is 5.26 Å². The number of nitrogens with zero attached hydrogens (tertiary/aromatic N) is 2. The first-order chi connectivity index (χ1) is 9.61. The third kappa shape index (κ3) is 1.54. The molecule has 0 radical (unpaired) electrons. The van der Waals surface area contributed by atoms with Crippen molar-refractivity contribution in [3.8, 4) is 6.07 Å². The van der Waals surface area contributed by atoms with Crippen LogP contribution in [0.15, 0.2) is 17.1 Å². The lowest BCUT2D eigenvalue weighted by Crippen LogP contribution is -2.54. The second-order valence-corrected chi connectivity index (χ2v) is 7.30. The summed E-state index contributed by atoms with van der Waals surface area (Å²) in [5.74, 6) is 2.42. The first-order valence-corrected chi connectivity index (χ1v) is 7.74. The Balaban J connectivity index is 1.86. The van der Waals surface area contributed by atoms with Crippen molar-refractivity contribution in [1.29, 1.82) is 5.26 Å². The maximum Gasteiger partial charge on any atom is 0.269 e. The summed E-state index contributed by atoms with van der Waals surface area (Å²) in [5.41, 5.74) is 1.10. The Bertz CT molecular complexity index is 629. The molecule has 3 heteroatoms. The molecular formula is C17H20N2O. The van der Waals surface area contributed by atoms with Crippen LogP contribution in [0.1, 0.15) is 49.7 Å². The molecule has 0 aliphatic heterocycles. The third-order valence-corrected chi connectivity index (χ3v) is 5.93. The van der Waals surface area contributed by atoms with Crippen molar-refractivity contribution in [3.05, 3.63) is 33.7 Å². The third-order valence-electron chi connectivity index (χ3n) is 5.93. The number of pyridine rings is 1. The van der Waals surface area contributed by atoms with Gasteiger partial charge in [0.05, 0.1) is 0 Å². The predicted molar refractivity (Wildman–Crippen MR) is 76.3 cm³/mol. The van der Waals surface area contributed by atoms with E-state index >= 15 is 0 Å². The van der Waals surface area contributed by atoms with Crippen molar-refractivity contribution in [2.24, 2.45) is 17.8 Å². The SMILES string of the molecule is Cc1ccn(C23CC4CC(CC(C4)C2)C3)c(=O)c1C#N. The highest BCUT2D eigenvalue weighted by Crippen LogP contribution is 2.58. The van der Waals surface area contributed by atoms with E-state index < -0.39 is 0 Å². The lowest BCUT2D eigenvalue weighted by Gasteiger charge is -2.57. The minimum Gasteiger partial charge on any atom is -0.308 e. The molecule has 0 saturated heterocycles. The van der Waals surface area contributed by atoms with Crippen LogP contribution in [-0.2, 0) is 5.54 Å². The summed E-state index contributed by atoms with van der Waals surface area (Å²) in [5, 5.41) is 9.24. The summed E-state index contributed by atoms with van der Waals surface area (Å²) >= 11 is 0. The predicted octanol–water partition coefficient (Wildman–Crippen LogP) is 2.95. The van der Waals surface area contributed by atoms with Gasteiger partial charge in [0.25, 0.3) is 5.56 Å². The Morgan fingerprint density at radius 1 is 1.20 bits per heavy atom. The van der Waals surface area contributed by atoms with E-state index in [-0.39, 0.29) is 11.1 Å². The Morgan fingerprint density at radius 3 is 2.25 bits per heavy atom. The van der Waals surface area contributed by atoms with Gasteiger partial charge in [-0.05, 0) is 74.8 Å². The monoisotopic (exact) mass is 268 g/mol. The highest BCUT2D eigenvalue weighted by molar-refractivity contribution is 5.34. The van der Waals surface area contributed by atoms with Crippen molar-refractivity contribution in [2.75, 3.05) is 0 Å². The van der Waals surface area contributed by atoms with Gasteiger partial charge in [-0.1, -0.05) is 0 Å². The zero-order valence-corrected chi connectivity index (χ0v) is 11.9. The van der Waals surface area contributed by atoms with E-state index in [2.05, 4.69) is 6.07 Å². The minimum absolute atomic E-state index is 0.0190. The molecule has 4 bridgehead atoms. The molecule has 4 saturated carbocycles. The summed E-state index contributed by atoms with van der Waals surface area (Å²) in [6.45, 7) is 1.85. The van der Waals surface area contributed by atoms with Crippen LogP contribution in [0.3, 0.4) is 0 Å². The van der Waals surface area contributed by atoms with Gasteiger partial charge in [-0.15, -0.1) is 0 Å². The molecule has 0 amide bonds. The molecule has 104 valence electrons. The van der Waals surface area contributed by atoms with Gasteiger partial charge in [-0.25, -0.2) is 0 Å². The molecule has 4 aliphatic rings. The van der Waals surface area contributed by atoms with E-state index in [9.17, 15) is 10.1 Å². The fourth-order valence-electron chi connectivity index (χ4n) is 5.50. The number of aromatic nitrogens is 1. The second-order valence-electron chi connectivity index (χ2n) is 7.30. The molecule has 20 heavy (non-hydrogen) atoms. The number of aryl methyl sites for hydroxylation is 1. The van der Waals surface area contributed by atoms with Gasteiger partial charge in [0.15, 0.2) is 0 Å². The maximum absolute atomic E-state index is 12.7. The summed E-state index contributed by atoms with van der Waals surface area (Å²) in [7, 11) is 0. The lowest BCUT2D eigenvalue weighted by molar-refractivity contribution is -0.0449. The van der Waals surface area contributed by atoms with Crippen LogP contribution in [0.25, 0.3) is 0 Å². The quantitative estimate of drug-likeness (QED) is 0.786. The van der Waals surface area contributed by atoms with Crippen LogP contribution in [0.4, 0.5) is 0 Å². The summed E-state index contributed by atoms with van der Waals surface area (Å²) in [4.78, 5) is 12.7. The summed E-state index contributed by atoms with van der Waals surface area (Å²) < 4.78 is 1.93. The Hall–Kier alpha value is -1.56. The van der Waals surface area contributed by atoms with E-state index in [1.165, 1.54) is 19.3 Å². The first-order valence-electron chi connectivity index (χ1n) is 7.74. The molecule has 4 aliphatic carbocycles. The second kappa shape index (κ2) is 3.97. The topological polar surface area (TPSA) is 45.8 Å². The van der Waals surface area contributed by atoms with E-state index in [0.717, 1.165) is 42.6 Å². The molecule has 0 aromatic carbocycles. The van der Waals surface area contributed by atoms with E-state index in [1.807, 2.05) is 23.8 Å². The van der Waals surface area contributed by atoms with Crippen molar-refractivity contribution in [1.82, 2.24) is 4.57 Å². The van der Waals surface area contributed by atoms with Crippen molar-refractivity contribution in [2.45, 2.75) is 51.0 Å². The fourth-order valence-corrected chi connectivity index (χ4v) is 5.50. The standard InChI is InChI=1S/C17H20N2O/c1-11-2-3-19(16(20)15(11)10-18)17-7-12-4-13(8-17)6-14(5-12)9-17/h2-3,12-14H,4-9H2,1H3. The number of hydrogen-bond donors (Lipinski definition) is 0. The minimum atomic E-state index is -0.0607. The number of nitriles is 1. The van der Waals surface area contributed by atoms with Gasteiger partial charge in [-0.3, -0.25) is 4.79 Å². The molecule has 0 atom stereocenters. The Labute approximate surface area is 119 Å². The molecule has 1 aromatic heterocycles. The van der Waals surface area contributed by atoms with Crippen LogP contribution in [0.5, 0.6) is 0 Å². The first kappa shape index (κ1) is 12.2. The van der Waals surface area contributed by atoms with Crippen LogP contribution >= 0.6 is 0 Å². The van der Waals surface area contributed by atoms with Crippen LogP contribution in [-0.4, -0.2) is 4.57 Å². The maximum atomic E-state index is 12.7. The van der Waals surface area contributed by atoms with Crippen LogP contribution in [0, 0.1) is 36.0 Å². The van der Waals surface area contributed by atoms with E-state index in [1.54, 1.807) is 0 Å². The van der Waals surface area contributed by atoms with Crippen LogP contribution < -0.4 is 5.56 Å². The van der Waals surface area contributed by atoms with Gasteiger partial charge >= 0.3 is 0 Å². The number of hydrogen-bond acceptors (Lipinski definition) is 2. The zero-order chi connectivity index (χ0) is 13.9.